The molecule has 188 valence electrons. The molecular formula is C29H36N6O. The fraction of sp³-hybridized carbons (Fsp3) is 0.345. The highest BCUT2D eigenvalue weighted by atomic mass is 16.1. The van der Waals surface area contributed by atoms with Crippen molar-refractivity contribution in [2.24, 2.45) is 0 Å². The summed E-state index contributed by atoms with van der Waals surface area (Å²) in [4.78, 5) is 20.8. The summed E-state index contributed by atoms with van der Waals surface area (Å²) >= 11 is 0. The second kappa shape index (κ2) is 11.5. The molecule has 4 rings (SSSR count). The molecule has 1 atom stereocenters. The van der Waals surface area contributed by atoms with Crippen molar-refractivity contribution in [3.63, 3.8) is 0 Å². The Morgan fingerprint density at radius 1 is 1.06 bits per heavy atom. The summed E-state index contributed by atoms with van der Waals surface area (Å²) in [5.41, 5.74) is 5.32. The summed E-state index contributed by atoms with van der Waals surface area (Å²) in [6.45, 7) is 8.87. The zero-order valence-corrected chi connectivity index (χ0v) is 21.8. The van der Waals surface area contributed by atoms with Crippen LogP contribution in [0.15, 0.2) is 66.9 Å². The largest absolute Gasteiger partial charge is 0.345 e. The lowest BCUT2D eigenvalue weighted by atomic mass is 10.0. The number of amides is 1. The first-order valence-corrected chi connectivity index (χ1v) is 12.5. The van der Waals surface area contributed by atoms with Crippen LogP contribution >= 0.6 is 0 Å². The third-order valence-electron chi connectivity index (χ3n) is 6.37. The van der Waals surface area contributed by atoms with E-state index in [4.69, 9.17) is 4.98 Å². The van der Waals surface area contributed by atoms with Gasteiger partial charge in [0.1, 0.15) is 0 Å². The molecule has 0 aliphatic heterocycles. The van der Waals surface area contributed by atoms with Crippen molar-refractivity contribution in [2.45, 2.75) is 39.4 Å². The Balaban J connectivity index is 1.71. The van der Waals surface area contributed by atoms with Crippen LogP contribution in [0.5, 0.6) is 0 Å². The topological polar surface area (TPSA) is 75.1 Å². The van der Waals surface area contributed by atoms with Crippen LogP contribution in [0.25, 0.3) is 22.3 Å². The van der Waals surface area contributed by atoms with Gasteiger partial charge in [0.15, 0.2) is 5.65 Å². The Morgan fingerprint density at radius 3 is 2.56 bits per heavy atom. The van der Waals surface area contributed by atoms with Crippen molar-refractivity contribution in [1.82, 2.24) is 30.3 Å². The van der Waals surface area contributed by atoms with Crippen LogP contribution in [0.1, 0.15) is 54.3 Å². The molecule has 7 heteroatoms. The summed E-state index contributed by atoms with van der Waals surface area (Å²) in [6, 6.07) is 20.3. The highest BCUT2D eigenvalue weighted by Crippen LogP contribution is 2.28. The predicted octanol–water partition coefficient (Wildman–Crippen LogP) is 4.82. The number of fused-ring (bicyclic) bond motifs is 1. The van der Waals surface area contributed by atoms with Crippen LogP contribution in [0.2, 0.25) is 0 Å². The van der Waals surface area contributed by atoms with Crippen LogP contribution < -0.4 is 10.6 Å². The quantitative estimate of drug-likeness (QED) is 0.338. The van der Waals surface area contributed by atoms with Crippen LogP contribution in [-0.2, 0) is 6.54 Å². The number of pyridine rings is 1. The van der Waals surface area contributed by atoms with E-state index in [-0.39, 0.29) is 18.0 Å². The maximum Gasteiger partial charge on any atom is 0.252 e. The maximum atomic E-state index is 13.5. The van der Waals surface area contributed by atoms with Crippen LogP contribution in [0.3, 0.4) is 0 Å². The first-order valence-electron chi connectivity index (χ1n) is 12.5. The molecule has 4 aromatic rings. The molecule has 2 aromatic carbocycles. The number of benzene rings is 2. The number of nitrogens with one attached hydrogen (secondary N) is 2. The molecule has 0 saturated heterocycles. The lowest BCUT2D eigenvalue weighted by Gasteiger charge is -2.17. The van der Waals surface area contributed by atoms with Crippen molar-refractivity contribution >= 4 is 16.9 Å². The van der Waals surface area contributed by atoms with Crippen molar-refractivity contribution in [1.29, 1.82) is 0 Å². The molecule has 0 bridgehead atoms. The second-order valence-electron chi connectivity index (χ2n) is 9.62. The molecule has 7 nitrogen and oxygen atoms in total. The fourth-order valence-electron chi connectivity index (χ4n) is 4.35. The van der Waals surface area contributed by atoms with Gasteiger partial charge in [-0.2, -0.15) is 5.10 Å². The van der Waals surface area contributed by atoms with Gasteiger partial charge in [-0.25, -0.2) is 9.67 Å². The number of carbonyl (C=O) groups is 1. The standard InChI is InChI=1S/C29H36N6O/c1-20(2)35-28-26(18-31-35)25(29(36)32-21(3)23-11-7-6-8-12-23)17-27(33-28)24-13-9-10-22(16-24)19-34(5)15-14-30-4/h6-13,16-18,20-21,30H,14-15,19H2,1-5H3,(H,32,36)/t21-/m0/s1. The molecule has 0 fully saturated rings. The molecule has 0 radical (unpaired) electrons. The molecule has 0 saturated carbocycles. The Bertz CT molecular complexity index is 1310. The molecule has 0 spiro atoms. The minimum Gasteiger partial charge on any atom is -0.345 e. The smallest absolute Gasteiger partial charge is 0.252 e. The molecule has 2 heterocycles. The number of hydrogen-bond acceptors (Lipinski definition) is 5. The van der Waals surface area contributed by atoms with Gasteiger partial charge in [-0.15, -0.1) is 0 Å². The molecule has 0 aliphatic rings. The Hall–Kier alpha value is -3.55. The van der Waals surface area contributed by atoms with Gasteiger partial charge < -0.3 is 15.5 Å². The monoisotopic (exact) mass is 484 g/mol. The molecular weight excluding hydrogens is 448 g/mol. The van der Waals surface area contributed by atoms with Gasteiger partial charge in [0.25, 0.3) is 5.91 Å². The zero-order chi connectivity index (χ0) is 25.7. The Labute approximate surface area is 213 Å². The van der Waals surface area contributed by atoms with Gasteiger partial charge in [0, 0.05) is 31.2 Å². The third kappa shape index (κ3) is 5.80. The van der Waals surface area contributed by atoms with Crippen LogP contribution in [0, 0.1) is 0 Å². The Kier molecular flexibility index (Phi) is 8.13. The van der Waals surface area contributed by atoms with E-state index in [2.05, 4.69) is 65.8 Å². The predicted molar refractivity (Wildman–Crippen MR) is 146 cm³/mol. The van der Waals surface area contributed by atoms with Gasteiger partial charge in [0.05, 0.1) is 28.9 Å². The SMILES string of the molecule is CNCCN(C)Cc1cccc(-c2cc(C(=O)N[C@@H](C)c3ccccc3)c3cnn(C(C)C)c3n2)c1. The molecule has 0 aliphatic carbocycles. The number of aromatic nitrogens is 3. The summed E-state index contributed by atoms with van der Waals surface area (Å²) in [5.74, 6) is -0.133. The third-order valence-corrected chi connectivity index (χ3v) is 6.37. The molecule has 0 unspecified atom stereocenters. The van der Waals surface area contributed by atoms with Crippen molar-refractivity contribution in [2.75, 3.05) is 27.2 Å². The van der Waals surface area contributed by atoms with E-state index in [1.54, 1.807) is 6.20 Å². The van der Waals surface area contributed by atoms with Crippen molar-refractivity contribution in [3.05, 3.63) is 83.6 Å². The van der Waals surface area contributed by atoms with E-state index in [9.17, 15) is 4.79 Å². The lowest BCUT2D eigenvalue weighted by molar-refractivity contribution is 0.0941. The average molecular weight is 485 g/mol. The summed E-state index contributed by atoms with van der Waals surface area (Å²) in [6.07, 6.45) is 1.75. The maximum absolute atomic E-state index is 13.5. The minimum absolute atomic E-state index is 0.122. The van der Waals surface area contributed by atoms with Gasteiger partial charge in [-0.05, 0) is 58.1 Å². The number of nitrogens with zero attached hydrogens (tertiary/aromatic N) is 4. The normalized spacial score (nSPS) is 12.4. The van der Waals surface area contributed by atoms with E-state index >= 15 is 0 Å². The lowest BCUT2D eigenvalue weighted by Crippen LogP contribution is -2.27. The number of rotatable bonds is 10. The van der Waals surface area contributed by atoms with E-state index in [0.717, 1.165) is 47.5 Å². The van der Waals surface area contributed by atoms with Gasteiger partial charge in [0.2, 0.25) is 0 Å². The molecule has 2 aromatic heterocycles. The van der Waals surface area contributed by atoms with E-state index in [0.29, 0.717) is 5.56 Å². The molecule has 2 N–H and O–H groups in total. The average Bonchev–Trinajstić information content (AvgIpc) is 3.32. The summed E-state index contributed by atoms with van der Waals surface area (Å²) < 4.78 is 1.88. The molecule has 1 amide bonds. The van der Waals surface area contributed by atoms with Gasteiger partial charge >= 0.3 is 0 Å². The van der Waals surface area contributed by atoms with Gasteiger partial charge in [-0.1, -0.05) is 48.5 Å². The highest BCUT2D eigenvalue weighted by Gasteiger charge is 2.20. The van der Waals surface area contributed by atoms with Crippen LogP contribution in [-0.4, -0.2) is 52.8 Å². The number of hydrogen-bond donors (Lipinski definition) is 2. The highest BCUT2D eigenvalue weighted by molar-refractivity contribution is 6.06. The minimum atomic E-state index is -0.133. The number of likely N-dealkylation sites (N-methyl/N-ethyl adjacent to an activating group) is 2. The number of carbonyl (C=O) groups excluding carboxylic acids is 1. The molecule has 36 heavy (non-hydrogen) atoms. The first kappa shape index (κ1) is 25.5. The van der Waals surface area contributed by atoms with E-state index < -0.39 is 0 Å². The first-order chi connectivity index (χ1) is 17.4. The van der Waals surface area contributed by atoms with Gasteiger partial charge in [-0.3, -0.25) is 4.79 Å². The fourth-order valence-corrected chi connectivity index (χ4v) is 4.35. The van der Waals surface area contributed by atoms with Crippen LogP contribution in [0.4, 0.5) is 0 Å². The second-order valence-corrected chi connectivity index (χ2v) is 9.62. The van der Waals surface area contributed by atoms with E-state index in [1.807, 2.05) is 55.1 Å². The summed E-state index contributed by atoms with van der Waals surface area (Å²) in [5, 5.41) is 11.7. The van der Waals surface area contributed by atoms with Crippen molar-refractivity contribution < 1.29 is 4.79 Å². The Morgan fingerprint density at radius 2 is 1.83 bits per heavy atom. The van der Waals surface area contributed by atoms with Crippen molar-refractivity contribution in [3.8, 4) is 11.3 Å². The van der Waals surface area contributed by atoms with E-state index in [1.165, 1.54) is 5.56 Å². The zero-order valence-electron chi connectivity index (χ0n) is 21.8. The summed E-state index contributed by atoms with van der Waals surface area (Å²) in [7, 11) is 4.08.